The molecule has 5 heteroatoms. The van der Waals surface area contributed by atoms with Gasteiger partial charge in [0.05, 0.1) is 0 Å². The summed E-state index contributed by atoms with van der Waals surface area (Å²) in [7, 11) is 4.00. The SMILES string of the molecule is CN(C)c1ccc(Nc2ccc(NC(=O)c3cccc(F)c3)cc2)cc1. The van der Waals surface area contributed by atoms with Crippen LogP contribution in [0.5, 0.6) is 0 Å². The van der Waals surface area contributed by atoms with Crippen LogP contribution in [-0.2, 0) is 0 Å². The molecule has 2 N–H and O–H groups in total. The Hall–Kier alpha value is -3.34. The second kappa shape index (κ2) is 7.70. The first-order chi connectivity index (χ1) is 12.5. The number of hydrogen-bond donors (Lipinski definition) is 2. The van der Waals surface area contributed by atoms with Crippen molar-refractivity contribution < 1.29 is 9.18 Å². The van der Waals surface area contributed by atoms with E-state index in [0.29, 0.717) is 5.69 Å². The van der Waals surface area contributed by atoms with Crippen LogP contribution in [0.3, 0.4) is 0 Å². The molecule has 3 rings (SSSR count). The fourth-order valence-corrected chi connectivity index (χ4v) is 2.48. The Bertz CT molecular complexity index is 890. The van der Waals surface area contributed by atoms with E-state index >= 15 is 0 Å². The van der Waals surface area contributed by atoms with Gasteiger partial charge in [-0.25, -0.2) is 4.39 Å². The highest BCUT2D eigenvalue weighted by Crippen LogP contribution is 2.21. The molecule has 4 nitrogen and oxygen atoms in total. The van der Waals surface area contributed by atoms with Crippen LogP contribution in [0.15, 0.2) is 72.8 Å². The molecule has 0 saturated carbocycles. The van der Waals surface area contributed by atoms with Gasteiger partial charge in [-0.15, -0.1) is 0 Å². The quantitative estimate of drug-likeness (QED) is 0.689. The predicted molar refractivity (Wildman–Crippen MR) is 105 cm³/mol. The van der Waals surface area contributed by atoms with Crippen molar-refractivity contribution in [2.24, 2.45) is 0 Å². The molecule has 0 atom stereocenters. The van der Waals surface area contributed by atoms with Crippen LogP contribution < -0.4 is 15.5 Å². The third-order valence-corrected chi connectivity index (χ3v) is 3.90. The summed E-state index contributed by atoms with van der Waals surface area (Å²) in [6.07, 6.45) is 0. The van der Waals surface area contributed by atoms with Crippen molar-refractivity contribution in [1.82, 2.24) is 0 Å². The first-order valence-electron chi connectivity index (χ1n) is 8.23. The summed E-state index contributed by atoms with van der Waals surface area (Å²) in [4.78, 5) is 14.2. The second-order valence-corrected chi connectivity index (χ2v) is 6.11. The summed E-state index contributed by atoms with van der Waals surface area (Å²) in [5.41, 5.74) is 3.95. The van der Waals surface area contributed by atoms with Gasteiger partial charge in [0.1, 0.15) is 5.82 Å². The second-order valence-electron chi connectivity index (χ2n) is 6.11. The Morgan fingerprint density at radius 3 is 2.00 bits per heavy atom. The van der Waals surface area contributed by atoms with E-state index in [1.54, 1.807) is 18.2 Å². The van der Waals surface area contributed by atoms with E-state index in [4.69, 9.17) is 0 Å². The summed E-state index contributed by atoms with van der Waals surface area (Å²) in [5.74, 6) is -0.776. The maximum atomic E-state index is 13.2. The molecule has 3 aromatic rings. The molecular weight excluding hydrogens is 329 g/mol. The minimum atomic E-state index is -0.433. The average molecular weight is 349 g/mol. The van der Waals surface area contributed by atoms with Crippen LogP contribution in [-0.4, -0.2) is 20.0 Å². The molecule has 0 spiro atoms. The van der Waals surface area contributed by atoms with Gasteiger partial charge in [-0.2, -0.15) is 0 Å². The number of nitrogens with one attached hydrogen (secondary N) is 2. The van der Waals surface area contributed by atoms with E-state index in [9.17, 15) is 9.18 Å². The summed E-state index contributed by atoms with van der Waals surface area (Å²) >= 11 is 0. The molecule has 132 valence electrons. The van der Waals surface area contributed by atoms with Crippen molar-refractivity contribution in [2.45, 2.75) is 0 Å². The monoisotopic (exact) mass is 349 g/mol. The molecule has 26 heavy (non-hydrogen) atoms. The molecule has 0 bridgehead atoms. The van der Waals surface area contributed by atoms with Gasteiger partial charge in [0.15, 0.2) is 0 Å². The predicted octanol–water partition coefficient (Wildman–Crippen LogP) is 4.89. The molecule has 0 radical (unpaired) electrons. The Morgan fingerprint density at radius 1 is 0.846 bits per heavy atom. The average Bonchev–Trinajstić information content (AvgIpc) is 2.64. The van der Waals surface area contributed by atoms with Crippen LogP contribution in [0.25, 0.3) is 0 Å². The maximum Gasteiger partial charge on any atom is 0.255 e. The number of amides is 1. The molecule has 0 aliphatic heterocycles. The number of carbonyl (C=O) groups excluding carboxylic acids is 1. The number of benzene rings is 3. The zero-order valence-corrected chi connectivity index (χ0v) is 14.7. The number of nitrogens with zero attached hydrogens (tertiary/aromatic N) is 1. The van der Waals surface area contributed by atoms with E-state index in [1.807, 2.05) is 55.4 Å². The van der Waals surface area contributed by atoms with Gasteiger partial charge in [-0.1, -0.05) is 6.07 Å². The van der Waals surface area contributed by atoms with E-state index in [0.717, 1.165) is 17.1 Å². The van der Waals surface area contributed by atoms with Crippen LogP contribution in [0.4, 0.5) is 27.1 Å². The van der Waals surface area contributed by atoms with Crippen LogP contribution in [0.1, 0.15) is 10.4 Å². The lowest BCUT2D eigenvalue weighted by atomic mass is 10.2. The topological polar surface area (TPSA) is 44.4 Å². The van der Waals surface area contributed by atoms with Crippen LogP contribution in [0.2, 0.25) is 0 Å². The number of hydrogen-bond acceptors (Lipinski definition) is 3. The highest BCUT2D eigenvalue weighted by atomic mass is 19.1. The summed E-state index contributed by atoms with van der Waals surface area (Å²) < 4.78 is 13.2. The lowest BCUT2D eigenvalue weighted by Crippen LogP contribution is -2.11. The van der Waals surface area contributed by atoms with Crippen molar-refractivity contribution >= 4 is 28.7 Å². The zero-order valence-electron chi connectivity index (χ0n) is 14.7. The highest BCUT2D eigenvalue weighted by molar-refractivity contribution is 6.04. The van der Waals surface area contributed by atoms with Gasteiger partial charge >= 0.3 is 0 Å². The summed E-state index contributed by atoms with van der Waals surface area (Å²) in [6, 6.07) is 21.1. The molecule has 1 amide bonds. The van der Waals surface area contributed by atoms with E-state index in [2.05, 4.69) is 10.6 Å². The first-order valence-corrected chi connectivity index (χ1v) is 8.23. The Kier molecular flexibility index (Phi) is 5.17. The molecule has 0 fully saturated rings. The fraction of sp³-hybridized carbons (Fsp3) is 0.0952. The third kappa shape index (κ3) is 4.39. The Morgan fingerprint density at radius 2 is 1.42 bits per heavy atom. The van der Waals surface area contributed by atoms with Gasteiger partial charge in [-0.3, -0.25) is 4.79 Å². The van der Waals surface area contributed by atoms with Crippen molar-refractivity contribution in [1.29, 1.82) is 0 Å². The van der Waals surface area contributed by atoms with Crippen LogP contribution in [0, 0.1) is 5.82 Å². The molecule has 3 aromatic carbocycles. The molecule has 0 aliphatic rings. The Balaban J connectivity index is 1.64. The van der Waals surface area contributed by atoms with Gasteiger partial charge in [0.25, 0.3) is 5.91 Å². The Labute approximate surface area is 152 Å². The van der Waals surface area contributed by atoms with Gasteiger partial charge in [0.2, 0.25) is 0 Å². The van der Waals surface area contributed by atoms with Crippen LogP contribution >= 0.6 is 0 Å². The molecule has 0 unspecified atom stereocenters. The molecule has 0 aromatic heterocycles. The summed E-state index contributed by atoms with van der Waals surface area (Å²) in [6.45, 7) is 0. The van der Waals surface area contributed by atoms with Crippen molar-refractivity contribution in [3.05, 3.63) is 84.2 Å². The van der Waals surface area contributed by atoms with Crippen molar-refractivity contribution in [2.75, 3.05) is 29.6 Å². The van der Waals surface area contributed by atoms with E-state index in [1.165, 1.54) is 18.2 Å². The number of carbonyl (C=O) groups is 1. The lowest BCUT2D eigenvalue weighted by Gasteiger charge is -2.13. The lowest BCUT2D eigenvalue weighted by molar-refractivity contribution is 0.102. The maximum absolute atomic E-state index is 13.2. The van der Waals surface area contributed by atoms with Crippen molar-refractivity contribution in [3.8, 4) is 0 Å². The highest BCUT2D eigenvalue weighted by Gasteiger charge is 2.07. The molecular formula is C21H20FN3O. The molecule has 0 aliphatic carbocycles. The largest absolute Gasteiger partial charge is 0.378 e. The molecule has 0 heterocycles. The van der Waals surface area contributed by atoms with Gasteiger partial charge in [0, 0.05) is 42.4 Å². The summed E-state index contributed by atoms with van der Waals surface area (Å²) in [5, 5.41) is 6.07. The minimum absolute atomic E-state index is 0.285. The standard InChI is InChI=1S/C21H20FN3O/c1-25(2)20-12-10-18(11-13-20)23-17-6-8-19(9-7-17)24-21(26)15-4-3-5-16(22)14-15/h3-14,23H,1-2H3,(H,24,26). The molecule has 0 saturated heterocycles. The fourth-order valence-electron chi connectivity index (χ4n) is 2.48. The normalized spacial score (nSPS) is 10.3. The first kappa shape index (κ1) is 17.5. The van der Waals surface area contributed by atoms with Crippen molar-refractivity contribution in [3.63, 3.8) is 0 Å². The number of anilines is 4. The zero-order chi connectivity index (χ0) is 18.5. The third-order valence-electron chi connectivity index (χ3n) is 3.90. The number of rotatable bonds is 5. The van der Waals surface area contributed by atoms with Gasteiger partial charge < -0.3 is 15.5 Å². The van der Waals surface area contributed by atoms with E-state index < -0.39 is 5.82 Å². The number of halogens is 1. The minimum Gasteiger partial charge on any atom is -0.378 e. The smallest absolute Gasteiger partial charge is 0.255 e. The van der Waals surface area contributed by atoms with Gasteiger partial charge in [-0.05, 0) is 66.7 Å². The van der Waals surface area contributed by atoms with E-state index in [-0.39, 0.29) is 11.5 Å².